The van der Waals surface area contributed by atoms with Crippen LogP contribution in [0.1, 0.15) is 22.7 Å². The number of aromatic nitrogens is 2. The number of pyridine rings is 2. The molecule has 1 unspecified atom stereocenters. The van der Waals surface area contributed by atoms with Gasteiger partial charge >= 0.3 is 0 Å². The third-order valence-corrected chi connectivity index (χ3v) is 5.01. The maximum Gasteiger partial charge on any atom is 0.295 e. The zero-order valence-electron chi connectivity index (χ0n) is 15.2. The second kappa shape index (κ2) is 7.85. The van der Waals surface area contributed by atoms with Gasteiger partial charge in [0.05, 0.1) is 11.6 Å². The maximum atomic E-state index is 12.9. The topological polar surface area (TPSA) is 83.4 Å². The molecule has 1 atom stereocenters. The summed E-state index contributed by atoms with van der Waals surface area (Å²) >= 11 is 5.93. The zero-order valence-corrected chi connectivity index (χ0v) is 16.0. The lowest BCUT2D eigenvalue weighted by atomic mass is 9.96. The zero-order chi connectivity index (χ0) is 20.4. The van der Waals surface area contributed by atoms with Crippen molar-refractivity contribution in [3.63, 3.8) is 0 Å². The number of hydrogen-bond acceptors (Lipinski definition) is 5. The van der Waals surface area contributed by atoms with Gasteiger partial charge in [0.15, 0.2) is 0 Å². The molecule has 1 saturated heterocycles. The normalized spacial score (nSPS) is 18.2. The number of aliphatic hydroxyl groups excluding tert-OH is 1. The summed E-state index contributed by atoms with van der Waals surface area (Å²) in [4.78, 5) is 35.3. The van der Waals surface area contributed by atoms with Crippen LogP contribution in [0.15, 0.2) is 78.9 Å². The van der Waals surface area contributed by atoms with Gasteiger partial charge in [-0.3, -0.25) is 19.6 Å². The van der Waals surface area contributed by atoms with Crippen molar-refractivity contribution in [2.45, 2.75) is 12.6 Å². The summed E-state index contributed by atoms with van der Waals surface area (Å²) < 4.78 is 0. The molecular weight excluding hydrogens is 390 g/mol. The molecule has 0 aliphatic carbocycles. The fraction of sp³-hybridized carbons (Fsp3) is 0.0909. The molecule has 1 aliphatic heterocycles. The van der Waals surface area contributed by atoms with Gasteiger partial charge in [0, 0.05) is 41.9 Å². The van der Waals surface area contributed by atoms with Gasteiger partial charge in [0.2, 0.25) is 0 Å². The van der Waals surface area contributed by atoms with Crippen molar-refractivity contribution in [3.05, 3.63) is 101 Å². The molecule has 144 valence electrons. The van der Waals surface area contributed by atoms with E-state index in [0.717, 1.165) is 5.56 Å². The van der Waals surface area contributed by atoms with E-state index in [0.29, 0.717) is 16.1 Å². The number of ketones is 1. The summed E-state index contributed by atoms with van der Waals surface area (Å²) in [5.74, 6) is -1.65. The number of nitrogens with zero attached hydrogens (tertiary/aromatic N) is 3. The summed E-state index contributed by atoms with van der Waals surface area (Å²) in [7, 11) is 0. The van der Waals surface area contributed by atoms with Gasteiger partial charge in [-0.1, -0.05) is 17.7 Å². The number of likely N-dealkylation sites (tertiary alicyclic amines) is 1. The SMILES string of the molecule is O=C1C(=O)N(Cc2cccnc2)C(c2ccncc2)/C1=C(/O)c1ccc(Cl)cc1. The van der Waals surface area contributed by atoms with Crippen molar-refractivity contribution in [1.82, 2.24) is 14.9 Å². The molecule has 0 saturated carbocycles. The number of Topliss-reactive ketones (excluding diaryl/α,β-unsaturated/α-hetero) is 1. The van der Waals surface area contributed by atoms with E-state index >= 15 is 0 Å². The number of benzene rings is 1. The third-order valence-electron chi connectivity index (χ3n) is 4.76. The summed E-state index contributed by atoms with van der Waals surface area (Å²) in [5.41, 5.74) is 1.90. The Bertz CT molecular complexity index is 1080. The Hall–Kier alpha value is -3.51. The van der Waals surface area contributed by atoms with E-state index in [1.165, 1.54) is 4.90 Å². The van der Waals surface area contributed by atoms with E-state index < -0.39 is 17.7 Å². The van der Waals surface area contributed by atoms with Crippen molar-refractivity contribution in [2.24, 2.45) is 0 Å². The Kier molecular flexibility index (Phi) is 5.10. The smallest absolute Gasteiger partial charge is 0.295 e. The van der Waals surface area contributed by atoms with Crippen LogP contribution >= 0.6 is 11.6 Å². The van der Waals surface area contributed by atoms with Crippen LogP contribution in [0.2, 0.25) is 5.02 Å². The monoisotopic (exact) mass is 405 g/mol. The number of aliphatic hydroxyl groups is 1. The van der Waals surface area contributed by atoms with Gasteiger partial charge in [-0.25, -0.2) is 0 Å². The lowest BCUT2D eigenvalue weighted by molar-refractivity contribution is -0.140. The number of rotatable bonds is 4. The highest BCUT2D eigenvalue weighted by atomic mass is 35.5. The van der Waals surface area contributed by atoms with Gasteiger partial charge in [0.25, 0.3) is 11.7 Å². The third kappa shape index (κ3) is 3.62. The van der Waals surface area contributed by atoms with Crippen molar-refractivity contribution in [3.8, 4) is 0 Å². The van der Waals surface area contributed by atoms with Gasteiger partial charge < -0.3 is 10.0 Å². The first-order valence-corrected chi connectivity index (χ1v) is 9.27. The van der Waals surface area contributed by atoms with Crippen LogP contribution in [0.25, 0.3) is 5.76 Å². The number of halogens is 1. The van der Waals surface area contributed by atoms with Crippen LogP contribution in [-0.2, 0) is 16.1 Å². The predicted octanol–water partition coefficient (Wildman–Crippen LogP) is 3.75. The molecule has 7 heteroatoms. The molecule has 6 nitrogen and oxygen atoms in total. The standard InChI is InChI=1S/C22H16ClN3O3/c23-17-5-3-16(4-6-17)20(27)18-19(15-7-10-24-11-8-15)26(22(29)21(18)28)13-14-2-1-9-25-12-14/h1-12,19,27H,13H2/b20-18-. The quantitative estimate of drug-likeness (QED) is 0.406. The van der Waals surface area contributed by atoms with E-state index in [1.54, 1.807) is 67.3 Å². The molecule has 4 rings (SSSR count). The van der Waals surface area contributed by atoms with Crippen molar-refractivity contribution in [1.29, 1.82) is 0 Å². The first kappa shape index (κ1) is 18.8. The summed E-state index contributed by atoms with van der Waals surface area (Å²) in [5, 5.41) is 11.4. The second-order valence-corrected chi connectivity index (χ2v) is 7.01. The van der Waals surface area contributed by atoms with E-state index in [2.05, 4.69) is 9.97 Å². The highest BCUT2D eigenvalue weighted by molar-refractivity contribution is 6.46. The Balaban J connectivity index is 1.85. The fourth-order valence-corrected chi connectivity index (χ4v) is 3.51. The van der Waals surface area contributed by atoms with E-state index in [4.69, 9.17) is 11.6 Å². The molecule has 1 amide bonds. The minimum Gasteiger partial charge on any atom is -0.507 e. The highest BCUT2D eigenvalue weighted by Gasteiger charge is 2.46. The van der Waals surface area contributed by atoms with Gasteiger partial charge in [-0.05, 0) is 53.6 Å². The molecule has 3 aromatic rings. The molecule has 2 aromatic heterocycles. The molecule has 1 aliphatic rings. The van der Waals surface area contributed by atoms with Gasteiger partial charge in [-0.2, -0.15) is 0 Å². The Morgan fingerprint density at radius 3 is 2.38 bits per heavy atom. The molecule has 0 bridgehead atoms. The van der Waals surface area contributed by atoms with Crippen LogP contribution in [0.4, 0.5) is 0 Å². The largest absolute Gasteiger partial charge is 0.507 e. The molecule has 1 aromatic carbocycles. The average molecular weight is 406 g/mol. The minimum atomic E-state index is -0.742. The number of amides is 1. The summed E-state index contributed by atoms with van der Waals surface area (Å²) in [6, 6.07) is 12.7. The predicted molar refractivity (Wildman–Crippen MR) is 108 cm³/mol. The van der Waals surface area contributed by atoms with Crippen LogP contribution < -0.4 is 0 Å². The van der Waals surface area contributed by atoms with Crippen LogP contribution in [0, 0.1) is 0 Å². The number of hydrogen-bond donors (Lipinski definition) is 1. The molecule has 1 N–H and O–H groups in total. The highest BCUT2D eigenvalue weighted by Crippen LogP contribution is 2.40. The van der Waals surface area contributed by atoms with E-state index in [9.17, 15) is 14.7 Å². The minimum absolute atomic E-state index is 0.0346. The first-order valence-electron chi connectivity index (χ1n) is 8.89. The Morgan fingerprint density at radius 1 is 1.00 bits per heavy atom. The van der Waals surface area contributed by atoms with Crippen LogP contribution in [0.3, 0.4) is 0 Å². The summed E-state index contributed by atoms with van der Waals surface area (Å²) in [6.07, 6.45) is 6.45. The molecule has 0 radical (unpaired) electrons. The lowest BCUT2D eigenvalue weighted by Crippen LogP contribution is -2.29. The molecule has 1 fully saturated rings. The number of carbonyl (C=O) groups is 2. The van der Waals surface area contributed by atoms with E-state index in [-0.39, 0.29) is 17.9 Å². The van der Waals surface area contributed by atoms with Crippen molar-refractivity contribution in [2.75, 3.05) is 0 Å². The second-order valence-electron chi connectivity index (χ2n) is 6.58. The van der Waals surface area contributed by atoms with Gasteiger partial charge in [0.1, 0.15) is 5.76 Å². The lowest BCUT2D eigenvalue weighted by Gasteiger charge is -2.25. The molecule has 3 heterocycles. The van der Waals surface area contributed by atoms with Crippen LogP contribution in [-0.4, -0.2) is 31.7 Å². The van der Waals surface area contributed by atoms with Gasteiger partial charge in [-0.15, -0.1) is 0 Å². The Morgan fingerprint density at radius 2 is 1.72 bits per heavy atom. The van der Waals surface area contributed by atoms with Crippen LogP contribution in [0.5, 0.6) is 0 Å². The Labute approximate surface area is 172 Å². The molecule has 29 heavy (non-hydrogen) atoms. The van der Waals surface area contributed by atoms with Crippen molar-refractivity contribution >= 4 is 29.1 Å². The molecule has 0 spiro atoms. The maximum absolute atomic E-state index is 12.9. The summed E-state index contributed by atoms with van der Waals surface area (Å²) in [6.45, 7) is 0.183. The number of carbonyl (C=O) groups excluding carboxylic acids is 2. The van der Waals surface area contributed by atoms with E-state index in [1.807, 2.05) is 6.07 Å². The molecular formula is C22H16ClN3O3. The fourth-order valence-electron chi connectivity index (χ4n) is 3.39. The van der Waals surface area contributed by atoms with Crippen molar-refractivity contribution < 1.29 is 14.7 Å². The average Bonchev–Trinajstić information content (AvgIpc) is 3.00. The first-order chi connectivity index (χ1) is 14.1.